The van der Waals surface area contributed by atoms with Crippen LogP contribution < -0.4 is 0 Å². The van der Waals surface area contributed by atoms with Crippen molar-refractivity contribution in [2.75, 3.05) is 6.61 Å². The van der Waals surface area contributed by atoms with Gasteiger partial charge in [0, 0.05) is 23.4 Å². The average Bonchev–Trinajstić information content (AvgIpc) is 3.21. The van der Waals surface area contributed by atoms with E-state index in [2.05, 4.69) is 20.9 Å². The molecule has 1 atom stereocenters. The number of aromatic nitrogens is 1. The lowest BCUT2D eigenvalue weighted by atomic mass is 9.88. The van der Waals surface area contributed by atoms with Gasteiger partial charge in [-0.3, -0.25) is 0 Å². The van der Waals surface area contributed by atoms with Crippen LogP contribution in [0.3, 0.4) is 0 Å². The minimum Gasteiger partial charge on any atom is -0.357 e. The number of hydrogen-bond acceptors (Lipinski definition) is 2. The van der Waals surface area contributed by atoms with E-state index in [0.717, 1.165) is 18.3 Å². The van der Waals surface area contributed by atoms with Crippen molar-refractivity contribution in [3.05, 3.63) is 63.9 Å². The molecule has 0 bridgehead atoms. The molecular weight excluding hydrogens is 354 g/mol. The molecule has 1 aliphatic rings. The van der Waals surface area contributed by atoms with Crippen LogP contribution in [0.1, 0.15) is 11.1 Å². The number of nitrogens with zero attached hydrogens (tertiary/aromatic N) is 1. The number of epoxide rings is 1. The highest BCUT2D eigenvalue weighted by molar-refractivity contribution is 9.10. The molecule has 1 aromatic heterocycles. The SMILES string of the molecule is Fc1ccc(C2(C(F)(F)c3ccc(Br)nc3)CO2)c(F)c1. The molecule has 1 unspecified atom stereocenters. The van der Waals surface area contributed by atoms with Gasteiger partial charge in [0.15, 0.2) is 5.60 Å². The van der Waals surface area contributed by atoms with Crippen LogP contribution in [0.15, 0.2) is 41.1 Å². The standard InChI is InChI=1S/C14H8BrF4NO/c15-12-4-1-8(6-20-12)14(18,19)13(7-21-13)10-3-2-9(16)5-11(10)17/h1-6H,7H2. The van der Waals surface area contributed by atoms with Crippen molar-refractivity contribution in [3.8, 4) is 0 Å². The van der Waals surface area contributed by atoms with E-state index in [-0.39, 0.29) is 12.2 Å². The molecule has 110 valence electrons. The van der Waals surface area contributed by atoms with E-state index in [1.54, 1.807) is 0 Å². The topological polar surface area (TPSA) is 25.4 Å². The molecule has 21 heavy (non-hydrogen) atoms. The van der Waals surface area contributed by atoms with Crippen LogP contribution in [0.2, 0.25) is 0 Å². The fraction of sp³-hybridized carbons (Fsp3) is 0.214. The molecule has 0 N–H and O–H groups in total. The first-order chi connectivity index (χ1) is 9.87. The lowest BCUT2D eigenvalue weighted by Gasteiger charge is -2.24. The van der Waals surface area contributed by atoms with E-state index >= 15 is 0 Å². The van der Waals surface area contributed by atoms with Gasteiger partial charge in [0.25, 0.3) is 0 Å². The summed E-state index contributed by atoms with van der Waals surface area (Å²) in [4.78, 5) is 3.74. The minimum atomic E-state index is -3.49. The Bertz CT molecular complexity index is 686. The lowest BCUT2D eigenvalue weighted by Crippen LogP contribution is -2.33. The summed E-state index contributed by atoms with van der Waals surface area (Å²) in [6.45, 7) is -0.349. The van der Waals surface area contributed by atoms with Gasteiger partial charge in [-0.1, -0.05) is 0 Å². The van der Waals surface area contributed by atoms with Gasteiger partial charge in [-0.25, -0.2) is 13.8 Å². The number of rotatable bonds is 3. The van der Waals surface area contributed by atoms with Gasteiger partial charge in [0.2, 0.25) is 0 Å². The van der Waals surface area contributed by atoms with E-state index < -0.39 is 28.7 Å². The monoisotopic (exact) mass is 361 g/mol. The molecule has 0 aliphatic carbocycles. The molecule has 1 aromatic carbocycles. The second-order valence-corrected chi connectivity index (χ2v) is 5.50. The van der Waals surface area contributed by atoms with Crippen molar-refractivity contribution in [1.29, 1.82) is 0 Å². The fourth-order valence-corrected chi connectivity index (χ4v) is 2.42. The molecular formula is C14H8BrF4NO. The molecule has 0 radical (unpaired) electrons. The van der Waals surface area contributed by atoms with E-state index in [9.17, 15) is 17.6 Å². The van der Waals surface area contributed by atoms with Gasteiger partial charge in [-0.15, -0.1) is 0 Å². The Hall–Kier alpha value is -1.47. The van der Waals surface area contributed by atoms with Crippen molar-refractivity contribution in [2.45, 2.75) is 11.5 Å². The normalized spacial score (nSPS) is 21.4. The number of halogens is 5. The van der Waals surface area contributed by atoms with Crippen molar-refractivity contribution < 1.29 is 22.3 Å². The molecule has 1 fully saturated rings. The van der Waals surface area contributed by atoms with E-state index in [1.807, 2.05) is 0 Å². The van der Waals surface area contributed by atoms with Crippen LogP contribution in [0, 0.1) is 11.6 Å². The van der Waals surface area contributed by atoms with E-state index in [1.165, 1.54) is 12.1 Å². The van der Waals surface area contributed by atoms with Crippen LogP contribution >= 0.6 is 15.9 Å². The highest BCUT2D eigenvalue weighted by Crippen LogP contribution is 2.56. The third-order valence-electron chi connectivity index (χ3n) is 3.40. The van der Waals surface area contributed by atoms with Crippen LogP contribution in [0.4, 0.5) is 17.6 Å². The number of pyridine rings is 1. The summed E-state index contributed by atoms with van der Waals surface area (Å²) in [6.07, 6.45) is 0.995. The zero-order valence-electron chi connectivity index (χ0n) is 10.4. The Morgan fingerprint density at radius 2 is 1.90 bits per heavy atom. The molecule has 3 rings (SSSR count). The fourth-order valence-electron chi connectivity index (χ4n) is 2.19. The van der Waals surface area contributed by atoms with Gasteiger partial charge in [-0.2, -0.15) is 8.78 Å². The van der Waals surface area contributed by atoms with E-state index in [0.29, 0.717) is 10.7 Å². The van der Waals surface area contributed by atoms with Crippen LogP contribution in [0.25, 0.3) is 0 Å². The zero-order chi connectivity index (χ0) is 15.3. The minimum absolute atomic E-state index is 0.349. The van der Waals surface area contributed by atoms with Crippen LogP contribution in [0.5, 0.6) is 0 Å². The van der Waals surface area contributed by atoms with Gasteiger partial charge >= 0.3 is 5.92 Å². The van der Waals surface area contributed by atoms with Gasteiger partial charge in [0.1, 0.15) is 16.2 Å². The second kappa shape index (κ2) is 4.78. The van der Waals surface area contributed by atoms with Crippen molar-refractivity contribution in [1.82, 2.24) is 4.98 Å². The van der Waals surface area contributed by atoms with Gasteiger partial charge in [0.05, 0.1) is 6.61 Å². The lowest BCUT2D eigenvalue weighted by molar-refractivity contribution is -0.0869. The van der Waals surface area contributed by atoms with Crippen molar-refractivity contribution in [3.63, 3.8) is 0 Å². The highest BCUT2D eigenvalue weighted by atomic mass is 79.9. The van der Waals surface area contributed by atoms with Crippen molar-refractivity contribution in [2.24, 2.45) is 0 Å². The number of benzene rings is 1. The molecule has 1 aliphatic heterocycles. The predicted molar refractivity (Wildman–Crippen MR) is 69.8 cm³/mol. The van der Waals surface area contributed by atoms with Crippen LogP contribution in [-0.4, -0.2) is 11.6 Å². The first-order valence-corrected chi connectivity index (χ1v) is 6.75. The first-order valence-electron chi connectivity index (χ1n) is 5.96. The molecule has 7 heteroatoms. The Morgan fingerprint density at radius 3 is 2.43 bits per heavy atom. The van der Waals surface area contributed by atoms with Crippen molar-refractivity contribution >= 4 is 15.9 Å². The zero-order valence-corrected chi connectivity index (χ0v) is 12.0. The Labute approximate surface area is 125 Å². The quantitative estimate of drug-likeness (QED) is 0.466. The highest BCUT2D eigenvalue weighted by Gasteiger charge is 2.67. The smallest absolute Gasteiger partial charge is 0.309 e. The maximum Gasteiger partial charge on any atom is 0.309 e. The summed E-state index contributed by atoms with van der Waals surface area (Å²) >= 11 is 3.05. The summed E-state index contributed by atoms with van der Waals surface area (Å²) < 4.78 is 61.4. The average molecular weight is 362 g/mol. The molecule has 0 spiro atoms. The third-order valence-corrected chi connectivity index (χ3v) is 3.87. The number of alkyl halides is 2. The molecule has 2 aromatic rings. The largest absolute Gasteiger partial charge is 0.357 e. The summed E-state index contributed by atoms with van der Waals surface area (Å²) in [5.74, 6) is -5.38. The Balaban J connectivity index is 2.06. The first kappa shape index (κ1) is 14.5. The summed E-state index contributed by atoms with van der Waals surface area (Å²) in [6, 6.07) is 5.02. The maximum atomic E-state index is 14.7. The summed E-state index contributed by atoms with van der Waals surface area (Å²) in [5.41, 5.74) is -2.87. The molecule has 1 saturated heterocycles. The Morgan fingerprint density at radius 1 is 1.19 bits per heavy atom. The molecule has 2 nitrogen and oxygen atoms in total. The maximum absolute atomic E-state index is 14.7. The third kappa shape index (κ3) is 2.24. The second-order valence-electron chi connectivity index (χ2n) is 4.68. The summed E-state index contributed by atoms with van der Waals surface area (Å²) in [7, 11) is 0. The molecule has 2 heterocycles. The van der Waals surface area contributed by atoms with Gasteiger partial charge in [-0.05, 0) is 40.2 Å². The Kier molecular flexibility index (Phi) is 3.29. The molecule has 0 amide bonds. The van der Waals surface area contributed by atoms with E-state index in [4.69, 9.17) is 4.74 Å². The van der Waals surface area contributed by atoms with Crippen LogP contribution in [-0.2, 0) is 16.3 Å². The summed E-state index contributed by atoms with van der Waals surface area (Å²) in [5, 5.41) is 0. The molecule has 0 saturated carbocycles. The predicted octanol–water partition coefficient (Wildman–Crippen LogP) is 4.14. The number of ether oxygens (including phenoxy) is 1. The van der Waals surface area contributed by atoms with Gasteiger partial charge < -0.3 is 4.74 Å². The number of hydrogen-bond donors (Lipinski definition) is 0.